The molecule has 0 saturated carbocycles. The van der Waals surface area contributed by atoms with Crippen molar-refractivity contribution in [1.29, 1.82) is 0 Å². The van der Waals surface area contributed by atoms with E-state index in [1.165, 1.54) is 11.6 Å². The molecule has 2 aliphatic heterocycles. The first-order valence-electron chi connectivity index (χ1n) is 14.8. The summed E-state index contributed by atoms with van der Waals surface area (Å²) in [6, 6.07) is 11.4. The first-order valence-corrected chi connectivity index (χ1v) is 15.2. The van der Waals surface area contributed by atoms with Crippen LogP contribution in [0.2, 0.25) is 0 Å². The molecule has 0 unspecified atom stereocenters. The van der Waals surface area contributed by atoms with Gasteiger partial charge in [-0.15, -0.1) is 0 Å². The van der Waals surface area contributed by atoms with Crippen LogP contribution >= 0.6 is 12.2 Å². The molecule has 0 spiro atoms. The van der Waals surface area contributed by atoms with Crippen LogP contribution in [0.15, 0.2) is 36.4 Å². The summed E-state index contributed by atoms with van der Waals surface area (Å²) < 4.78 is 5.53. The van der Waals surface area contributed by atoms with E-state index in [1.54, 1.807) is 6.07 Å². The van der Waals surface area contributed by atoms with E-state index in [2.05, 4.69) is 27.2 Å². The summed E-state index contributed by atoms with van der Waals surface area (Å²) in [5.41, 5.74) is 2.93. The summed E-state index contributed by atoms with van der Waals surface area (Å²) in [5.74, 6) is 0.787. The summed E-state index contributed by atoms with van der Waals surface area (Å²) in [5, 5.41) is 23.7. The Morgan fingerprint density at radius 2 is 1.59 bits per heavy atom. The van der Waals surface area contributed by atoms with Crippen molar-refractivity contribution in [3.63, 3.8) is 0 Å². The van der Waals surface area contributed by atoms with E-state index in [1.807, 2.05) is 51.7 Å². The highest BCUT2D eigenvalue weighted by Gasteiger charge is 2.28. The number of thiocarbonyl (C=S) groups is 1. The topological polar surface area (TPSA) is 88.5 Å². The van der Waals surface area contributed by atoms with Gasteiger partial charge in [-0.1, -0.05) is 38.2 Å². The van der Waals surface area contributed by atoms with Gasteiger partial charge in [0.05, 0.1) is 5.56 Å². The molecule has 0 atom stereocenters. The average molecular weight is 583 g/mol. The number of amides is 1. The van der Waals surface area contributed by atoms with Crippen LogP contribution in [0.3, 0.4) is 0 Å². The quantitative estimate of drug-likeness (QED) is 0.355. The van der Waals surface area contributed by atoms with E-state index in [-0.39, 0.29) is 23.5 Å². The number of likely N-dealkylation sites (tertiary alicyclic amines) is 1. The van der Waals surface area contributed by atoms with Crippen LogP contribution in [0, 0.1) is 5.92 Å². The Labute approximate surface area is 250 Å². The van der Waals surface area contributed by atoms with Crippen LogP contribution in [0.1, 0.15) is 70.1 Å². The second kappa shape index (κ2) is 13.4. The lowest BCUT2D eigenvalue weighted by molar-refractivity contribution is 0.0159. The number of anilines is 1. The third-order valence-corrected chi connectivity index (χ3v) is 8.20. The minimum absolute atomic E-state index is 0.0357. The van der Waals surface area contributed by atoms with Gasteiger partial charge in [0.2, 0.25) is 0 Å². The van der Waals surface area contributed by atoms with Gasteiger partial charge in [0.15, 0.2) is 0 Å². The molecule has 41 heavy (non-hydrogen) atoms. The third-order valence-electron chi connectivity index (χ3n) is 7.88. The number of phenolic OH excluding ortho intramolecular Hbond substituents is 2. The molecular formula is C32H46N4O4S. The van der Waals surface area contributed by atoms with Gasteiger partial charge >= 0.3 is 6.09 Å². The number of ether oxygens (including phenoxy) is 1. The number of hydrogen-bond donors (Lipinski definition) is 3. The number of carbonyl (C=O) groups is 1. The fourth-order valence-corrected chi connectivity index (χ4v) is 5.79. The highest BCUT2D eigenvalue weighted by atomic mass is 32.1. The number of nitrogens with zero attached hydrogens (tertiary/aromatic N) is 3. The molecule has 1 amide bonds. The number of benzene rings is 2. The number of piperidine rings is 1. The van der Waals surface area contributed by atoms with Crippen LogP contribution < -0.4 is 5.32 Å². The first kappa shape index (κ1) is 31.1. The van der Waals surface area contributed by atoms with Gasteiger partial charge < -0.3 is 30.1 Å². The molecule has 2 aliphatic rings. The summed E-state index contributed by atoms with van der Waals surface area (Å²) in [7, 11) is 0. The van der Waals surface area contributed by atoms with Gasteiger partial charge in [0, 0.05) is 64.1 Å². The molecule has 3 N–H and O–H groups in total. The van der Waals surface area contributed by atoms with Gasteiger partial charge in [-0.25, -0.2) is 4.79 Å². The second-order valence-corrected chi connectivity index (χ2v) is 13.1. The molecule has 0 aliphatic carbocycles. The molecule has 2 saturated heterocycles. The van der Waals surface area contributed by atoms with Crippen molar-refractivity contribution in [1.82, 2.24) is 14.7 Å². The van der Waals surface area contributed by atoms with Crippen LogP contribution in [0.25, 0.3) is 0 Å². The van der Waals surface area contributed by atoms with Crippen molar-refractivity contribution in [2.75, 3.05) is 51.1 Å². The molecule has 0 aromatic heterocycles. The van der Waals surface area contributed by atoms with Gasteiger partial charge in [0.1, 0.15) is 22.1 Å². The SMILES string of the molecule is CC(C)c1cc(C(=S)Nc2ccc(CN3CCN(CC4CCN(C(=O)OC(C)(C)C)CC4)CC3)cc2)c(O)cc1O. The Morgan fingerprint density at radius 1 is 0.976 bits per heavy atom. The lowest BCUT2D eigenvalue weighted by Gasteiger charge is -2.39. The Balaban J connectivity index is 1.20. The van der Waals surface area contributed by atoms with Gasteiger partial charge in [-0.2, -0.15) is 0 Å². The smallest absolute Gasteiger partial charge is 0.410 e. The van der Waals surface area contributed by atoms with Crippen molar-refractivity contribution in [2.24, 2.45) is 5.92 Å². The Bertz CT molecular complexity index is 1200. The maximum Gasteiger partial charge on any atom is 0.410 e. The predicted octanol–water partition coefficient (Wildman–Crippen LogP) is 5.77. The number of piperazine rings is 1. The minimum Gasteiger partial charge on any atom is -0.508 e. The Hall–Kier alpha value is -2.88. The van der Waals surface area contributed by atoms with E-state index in [4.69, 9.17) is 17.0 Å². The molecule has 2 aromatic carbocycles. The molecule has 2 heterocycles. The van der Waals surface area contributed by atoms with Crippen molar-refractivity contribution >= 4 is 29.0 Å². The summed E-state index contributed by atoms with van der Waals surface area (Å²) >= 11 is 5.56. The molecule has 224 valence electrons. The Morgan fingerprint density at radius 3 is 2.17 bits per heavy atom. The molecule has 2 aromatic rings. The maximum absolute atomic E-state index is 12.3. The molecule has 8 nitrogen and oxygen atoms in total. The summed E-state index contributed by atoms with van der Waals surface area (Å²) in [6.45, 7) is 17.5. The normalized spacial score (nSPS) is 17.6. The zero-order valence-corrected chi connectivity index (χ0v) is 26.0. The zero-order chi connectivity index (χ0) is 29.7. The fraction of sp³-hybridized carbons (Fsp3) is 0.562. The van der Waals surface area contributed by atoms with Gasteiger partial charge in [0.25, 0.3) is 0 Å². The number of aromatic hydroxyl groups is 2. The summed E-state index contributed by atoms with van der Waals surface area (Å²) in [6.07, 6.45) is 1.89. The molecule has 2 fully saturated rings. The van der Waals surface area contributed by atoms with Crippen LogP contribution in [-0.2, 0) is 11.3 Å². The third kappa shape index (κ3) is 8.80. The number of carbonyl (C=O) groups excluding carboxylic acids is 1. The average Bonchev–Trinajstić information content (AvgIpc) is 2.90. The second-order valence-electron chi connectivity index (χ2n) is 12.7. The van der Waals surface area contributed by atoms with E-state index in [0.29, 0.717) is 16.5 Å². The number of rotatable bonds is 7. The standard InChI is InChI=1S/C32H46N4O4S/c1-22(2)26-18-27(29(38)19-28(26)37)30(41)33-25-8-6-23(7-9-25)20-34-14-16-35(17-15-34)21-24-10-12-36(13-11-24)31(39)40-32(3,4)5/h6-9,18-19,22,24,37-38H,10-17,20-21H2,1-5H3,(H,33,41). The lowest BCUT2D eigenvalue weighted by Crippen LogP contribution is -2.49. The van der Waals surface area contributed by atoms with E-state index < -0.39 is 5.60 Å². The fourth-order valence-electron chi connectivity index (χ4n) is 5.51. The largest absolute Gasteiger partial charge is 0.508 e. The van der Waals surface area contributed by atoms with Crippen molar-refractivity contribution in [3.8, 4) is 11.5 Å². The highest BCUT2D eigenvalue weighted by Crippen LogP contribution is 2.33. The predicted molar refractivity (Wildman–Crippen MR) is 168 cm³/mol. The summed E-state index contributed by atoms with van der Waals surface area (Å²) in [4.78, 5) is 19.7. The molecule has 0 radical (unpaired) electrons. The molecular weight excluding hydrogens is 536 g/mol. The van der Waals surface area contributed by atoms with Crippen molar-refractivity contribution < 1.29 is 19.7 Å². The van der Waals surface area contributed by atoms with E-state index in [0.717, 1.165) is 76.5 Å². The van der Waals surface area contributed by atoms with Crippen LogP contribution in [0.5, 0.6) is 11.5 Å². The molecule has 4 rings (SSSR count). The zero-order valence-electron chi connectivity index (χ0n) is 25.2. The van der Waals surface area contributed by atoms with E-state index >= 15 is 0 Å². The minimum atomic E-state index is -0.447. The van der Waals surface area contributed by atoms with Crippen LogP contribution in [0.4, 0.5) is 10.5 Å². The molecule has 0 bridgehead atoms. The Kier molecular flexibility index (Phi) is 10.2. The molecule has 9 heteroatoms. The highest BCUT2D eigenvalue weighted by molar-refractivity contribution is 7.81. The first-order chi connectivity index (χ1) is 19.4. The maximum atomic E-state index is 12.3. The van der Waals surface area contributed by atoms with Gasteiger partial charge in [-0.05, 0) is 74.8 Å². The van der Waals surface area contributed by atoms with Crippen LogP contribution in [-0.4, -0.2) is 87.4 Å². The van der Waals surface area contributed by atoms with Crippen molar-refractivity contribution in [3.05, 3.63) is 53.1 Å². The van der Waals surface area contributed by atoms with Gasteiger partial charge in [-0.3, -0.25) is 4.90 Å². The number of nitrogens with one attached hydrogen (secondary N) is 1. The van der Waals surface area contributed by atoms with Crippen molar-refractivity contribution in [2.45, 2.75) is 65.5 Å². The monoisotopic (exact) mass is 582 g/mol. The number of phenols is 2. The van der Waals surface area contributed by atoms with E-state index in [9.17, 15) is 15.0 Å². The number of hydrogen-bond acceptors (Lipinski definition) is 7. The lowest BCUT2D eigenvalue weighted by atomic mass is 9.96.